The quantitative estimate of drug-likeness (QED) is 0.664. The summed E-state index contributed by atoms with van der Waals surface area (Å²) < 4.78 is 25.6. The molecule has 1 atom stereocenters. The second-order valence-electron chi connectivity index (χ2n) is 7.27. The number of carbonyl (C=O) groups is 2. The van der Waals surface area contributed by atoms with Crippen LogP contribution in [0.1, 0.15) is 36.9 Å². The van der Waals surface area contributed by atoms with Gasteiger partial charge in [-0.2, -0.15) is 0 Å². The van der Waals surface area contributed by atoms with Crippen LogP contribution in [-0.2, 0) is 19.6 Å². The third-order valence-corrected chi connectivity index (χ3v) is 5.38. The van der Waals surface area contributed by atoms with Gasteiger partial charge in [0.1, 0.15) is 0 Å². The minimum absolute atomic E-state index is 0.136. The molecule has 0 aliphatic carbocycles. The number of carbonyl (C=O) groups excluding carboxylic acids is 2. The summed E-state index contributed by atoms with van der Waals surface area (Å²) in [5, 5.41) is 2.84. The summed E-state index contributed by atoms with van der Waals surface area (Å²) in [5.74, 6) is -0.159. The predicted octanol–water partition coefficient (Wildman–Crippen LogP) is 3.08. The number of hydrogen-bond acceptors (Lipinski definition) is 4. The molecule has 2 aromatic rings. The van der Waals surface area contributed by atoms with Crippen molar-refractivity contribution in [1.82, 2.24) is 5.32 Å². The lowest BCUT2D eigenvalue weighted by Crippen LogP contribution is -2.25. The zero-order valence-corrected chi connectivity index (χ0v) is 17.8. The molecule has 0 spiro atoms. The van der Waals surface area contributed by atoms with E-state index in [9.17, 15) is 18.0 Å². The molecule has 0 aromatic heterocycles. The number of hydrogen-bond donors (Lipinski definition) is 2. The Morgan fingerprint density at radius 1 is 1.13 bits per heavy atom. The molecule has 1 heterocycles. The maximum Gasteiger partial charge on any atom is 0.244 e. The summed E-state index contributed by atoms with van der Waals surface area (Å²) in [7, 11) is -3.42. The van der Waals surface area contributed by atoms with Gasteiger partial charge < -0.3 is 10.2 Å². The molecule has 7 nitrogen and oxygen atoms in total. The van der Waals surface area contributed by atoms with Crippen molar-refractivity contribution in [2.45, 2.75) is 25.8 Å². The molecule has 1 saturated heterocycles. The van der Waals surface area contributed by atoms with E-state index in [0.717, 1.165) is 30.5 Å². The SMILES string of the molecule is C[C@H](NC(=O)/C=C/c1ccc(N2CCCC2=O)cc1)c1ccccc1NS(C)(=O)=O. The van der Waals surface area contributed by atoms with Gasteiger partial charge in [0.05, 0.1) is 18.0 Å². The molecule has 8 heteroatoms. The Bertz CT molecular complexity index is 1060. The summed E-state index contributed by atoms with van der Waals surface area (Å²) in [5.41, 5.74) is 2.81. The molecule has 2 amide bonds. The summed E-state index contributed by atoms with van der Waals surface area (Å²) in [4.78, 5) is 25.9. The first-order chi connectivity index (χ1) is 14.2. The number of para-hydroxylation sites is 1. The van der Waals surface area contributed by atoms with Crippen LogP contribution in [0.15, 0.2) is 54.6 Å². The fraction of sp³-hybridized carbons (Fsp3) is 0.273. The third-order valence-electron chi connectivity index (χ3n) is 4.79. The highest BCUT2D eigenvalue weighted by atomic mass is 32.2. The third kappa shape index (κ3) is 5.70. The number of benzene rings is 2. The minimum atomic E-state index is -3.42. The van der Waals surface area contributed by atoms with Gasteiger partial charge in [0, 0.05) is 24.7 Å². The number of nitrogens with zero attached hydrogens (tertiary/aromatic N) is 1. The van der Waals surface area contributed by atoms with E-state index < -0.39 is 16.1 Å². The van der Waals surface area contributed by atoms with Crippen LogP contribution in [0.4, 0.5) is 11.4 Å². The second-order valence-corrected chi connectivity index (χ2v) is 9.01. The minimum Gasteiger partial charge on any atom is -0.346 e. The van der Waals surface area contributed by atoms with E-state index in [1.165, 1.54) is 6.08 Å². The first kappa shape index (κ1) is 21.6. The fourth-order valence-corrected chi connectivity index (χ4v) is 3.95. The van der Waals surface area contributed by atoms with Crippen LogP contribution in [-0.4, -0.2) is 33.0 Å². The Balaban J connectivity index is 1.63. The average molecular weight is 428 g/mol. The number of sulfonamides is 1. The van der Waals surface area contributed by atoms with Gasteiger partial charge in [0.15, 0.2) is 0 Å². The number of rotatable bonds is 7. The summed E-state index contributed by atoms with van der Waals surface area (Å²) in [6.07, 6.45) is 5.67. The summed E-state index contributed by atoms with van der Waals surface area (Å²) in [6.45, 7) is 2.53. The van der Waals surface area contributed by atoms with E-state index in [0.29, 0.717) is 17.7 Å². The number of amides is 2. The molecule has 0 bridgehead atoms. The van der Waals surface area contributed by atoms with E-state index in [2.05, 4.69) is 10.0 Å². The van der Waals surface area contributed by atoms with Gasteiger partial charge in [0.25, 0.3) is 0 Å². The molecule has 0 radical (unpaired) electrons. The molecule has 1 aliphatic rings. The molecule has 2 aromatic carbocycles. The molecule has 30 heavy (non-hydrogen) atoms. The van der Waals surface area contributed by atoms with Gasteiger partial charge in [-0.1, -0.05) is 30.3 Å². The van der Waals surface area contributed by atoms with Gasteiger partial charge in [-0.05, 0) is 48.7 Å². The molecule has 0 unspecified atom stereocenters. The molecule has 1 fully saturated rings. The Kier molecular flexibility index (Phi) is 6.56. The van der Waals surface area contributed by atoms with Crippen molar-refractivity contribution < 1.29 is 18.0 Å². The Morgan fingerprint density at radius 3 is 2.47 bits per heavy atom. The van der Waals surface area contributed by atoms with Crippen LogP contribution >= 0.6 is 0 Å². The highest BCUT2D eigenvalue weighted by Gasteiger charge is 2.21. The first-order valence-electron chi connectivity index (χ1n) is 9.69. The van der Waals surface area contributed by atoms with Crippen LogP contribution in [0, 0.1) is 0 Å². The molecule has 158 valence electrons. The van der Waals surface area contributed by atoms with Crippen LogP contribution in [0.3, 0.4) is 0 Å². The van der Waals surface area contributed by atoms with E-state index in [1.54, 1.807) is 42.2 Å². The lowest BCUT2D eigenvalue weighted by molar-refractivity contribution is -0.117. The van der Waals surface area contributed by atoms with Crippen LogP contribution in [0.2, 0.25) is 0 Å². The lowest BCUT2D eigenvalue weighted by Gasteiger charge is -2.17. The highest BCUT2D eigenvalue weighted by Crippen LogP contribution is 2.24. The maximum atomic E-state index is 12.3. The summed E-state index contributed by atoms with van der Waals surface area (Å²) in [6, 6.07) is 14.0. The van der Waals surface area contributed by atoms with E-state index in [4.69, 9.17) is 0 Å². The van der Waals surface area contributed by atoms with Gasteiger partial charge in [0.2, 0.25) is 21.8 Å². The average Bonchev–Trinajstić information content (AvgIpc) is 3.12. The predicted molar refractivity (Wildman–Crippen MR) is 119 cm³/mol. The molecule has 1 aliphatic heterocycles. The van der Waals surface area contributed by atoms with Crippen LogP contribution in [0.25, 0.3) is 6.08 Å². The number of nitrogens with one attached hydrogen (secondary N) is 2. The van der Waals surface area contributed by atoms with E-state index in [1.807, 2.05) is 24.3 Å². The van der Waals surface area contributed by atoms with Crippen LogP contribution < -0.4 is 14.9 Å². The van der Waals surface area contributed by atoms with Crippen molar-refractivity contribution in [2.75, 3.05) is 22.4 Å². The Hall–Kier alpha value is -3.13. The standard InChI is InChI=1S/C22H25N3O4S/c1-16(19-6-3-4-7-20(19)24-30(2,28)29)23-21(26)14-11-17-9-12-18(13-10-17)25-15-5-8-22(25)27/h3-4,6-7,9-14,16,24H,5,8,15H2,1-2H3,(H,23,26)/b14-11+/t16-/m0/s1. The molecule has 0 saturated carbocycles. The zero-order chi connectivity index (χ0) is 21.7. The van der Waals surface area contributed by atoms with Crippen molar-refractivity contribution in [1.29, 1.82) is 0 Å². The van der Waals surface area contributed by atoms with Crippen molar-refractivity contribution in [3.63, 3.8) is 0 Å². The number of anilines is 2. The van der Waals surface area contributed by atoms with Gasteiger partial charge in [-0.25, -0.2) is 8.42 Å². The zero-order valence-electron chi connectivity index (χ0n) is 17.0. The van der Waals surface area contributed by atoms with E-state index in [-0.39, 0.29) is 11.8 Å². The molecular weight excluding hydrogens is 402 g/mol. The normalized spacial score (nSPS) is 15.4. The maximum absolute atomic E-state index is 12.3. The largest absolute Gasteiger partial charge is 0.346 e. The van der Waals surface area contributed by atoms with Crippen LogP contribution in [0.5, 0.6) is 0 Å². The second kappa shape index (κ2) is 9.13. The van der Waals surface area contributed by atoms with Crippen molar-refractivity contribution in [2.24, 2.45) is 0 Å². The smallest absolute Gasteiger partial charge is 0.244 e. The molecule has 3 rings (SSSR count). The topological polar surface area (TPSA) is 95.6 Å². The lowest BCUT2D eigenvalue weighted by atomic mass is 10.1. The van der Waals surface area contributed by atoms with Gasteiger partial charge in [-0.15, -0.1) is 0 Å². The van der Waals surface area contributed by atoms with Crippen molar-refractivity contribution in [3.05, 3.63) is 65.7 Å². The molecule has 2 N–H and O–H groups in total. The fourth-order valence-electron chi connectivity index (χ4n) is 3.36. The molecular formula is C22H25N3O4S. The van der Waals surface area contributed by atoms with Gasteiger partial charge in [-0.3, -0.25) is 14.3 Å². The highest BCUT2D eigenvalue weighted by molar-refractivity contribution is 7.92. The Labute approximate surface area is 176 Å². The monoisotopic (exact) mass is 427 g/mol. The van der Waals surface area contributed by atoms with Crippen molar-refractivity contribution in [3.8, 4) is 0 Å². The van der Waals surface area contributed by atoms with E-state index >= 15 is 0 Å². The Morgan fingerprint density at radius 2 is 1.83 bits per heavy atom. The van der Waals surface area contributed by atoms with Crippen molar-refractivity contribution >= 4 is 39.3 Å². The summed E-state index contributed by atoms with van der Waals surface area (Å²) >= 11 is 0. The first-order valence-corrected chi connectivity index (χ1v) is 11.6. The van der Waals surface area contributed by atoms with Gasteiger partial charge >= 0.3 is 0 Å².